The number of hydrogen-bond donors (Lipinski definition) is 2. The number of methoxy groups -OCH3 is 1. The van der Waals surface area contributed by atoms with Crippen LogP contribution in [0.3, 0.4) is 0 Å². The lowest BCUT2D eigenvalue weighted by atomic mass is 9.57. The Balaban J connectivity index is 1.19. The maximum absolute atomic E-state index is 15.4. The molecule has 0 amide bonds. The van der Waals surface area contributed by atoms with E-state index in [0.717, 1.165) is 46.8 Å². The van der Waals surface area contributed by atoms with Gasteiger partial charge in [-0.15, -0.1) is 11.3 Å². The Morgan fingerprint density at radius 1 is 1.00 bits per heavy atom. The molecule has 2 saturated carbocycles. The van der Waals surface area contributed by atoms with Gasteiger partial charge in [-0.3, -0.25) is 4.72 Å². The van der Waals surface area contributed by atoms with E-state index in [-0.39, 0.29) is 27.4 Å². The summed E-state index contributed by atoms with van der Waals surface area (Å²) in [6, 6.07) is 14.8. The Kier molecular flexibility index (Phi) is 8.19. The van der Waals surface area contributed by atoms with E-state index in [1.165, 1.54) is 56.2 Å². The molecule has 3 aromatic carbocycles. The second-order valence-corrected chi connectivity index (χ2v) is 15.2. The van der Waals surface area contributed by atoms with Crippen LogP contribution in [0.15, 0.2) is 65.0 Å². The number of thiazole rings is 1. The van der Waals surface area contributed by atoms with Gasteiger partial charge in [-0.05, 0) is 90.2 Å². The number of aromatic carboxylic acids is 1. The average molecular weight is 653 g/mol. The first-order valence-corrected chi connectivity index (χ1v) is 17.2. The summed E-state index contributed by atoms with van der Waals surface area (Å²) in [5, 5.41) is 10.1. The molecule has 1 unspecified atom stereocenters. The smallest absolute Gasteiger partial charge is 0.338 e. The van der Waals surface area contributed by atoms with Crippen LogP contribution in [0.4, 0.5) is 14.5 Å². The molecule has 7 nitrogen and oxygen atoms in total. The number of carboxylic acids is 1. The molecule has 0 spiro atoms. The number of carbonyl (C=O) groups is 1. The molecule has 45 heavy (non-hydrogen) atoms. The zero-order chi connectivity index (χ0) is 32.1. The molecule has 2 N–H and O–H groups in total. The topological polar surface area (TPSA) is 106 Å². The predicted molar refractivity (Wildman–Crippen MR) is 170 cm³/mol. The highest BCUT2D eigenvalue weighted by Gasteiger charge is 2.41. The van der Waals surface area contributed by atoms with Crippen molar-refractivity contribution < 1.29 is 31.8 Å². The normalized spacial score (nSPS) is 23.0. The van der Waals surface area contributed by atoms with Gasteiger partial charge in [0.05, 0.1) is 18.4 Å². The van der Waals surface area contributed by atoms with Crippen molar-refractivity contribution in [3.8, 4) is 27.4 Å². The standard InChI is InChI=1S/C34H34F2N2O5S2/c1-19-10-20-12-21(11-19)17-34(2,16-20)24-7-4-22(5-8-24)23-6-9-25(27(35)13-23)32-37-31(18-44-32)45(41,42)38-29-15-28(36)26(33(39)40)14-30(29)43-3/h4-9,13-15,18-21,38H,10-12,16-17H2,1-3H3,(H,39,40)/t19-,20-,21+,34?. The first-order chi connectivity index (χ1) is 21.3. The first-order valence-electron chi connectivity index (χ1n) is 14.8. The summed E-state index contributed by atoms with van der Waals surface area (Å²) < 4.78 is 63.0. The van der Waals surface area contributed by atoms with E-state index >= 15 is 4.39 Å². The number of anilines is 1. The van der Waals surface area contributed by atoms with Gasteiger partial charge in [-0.2, -0.15) is 8.42 Å². The molecule has 4 aromatic rings. The first kappa shape index (κ1) is 31.2. The molecule has 0 saturated heterocycles. The molecule has 1 aromatic heterocycles. The van der Waals surface area contributed by atoms with Crippen molar-refractivity contribution in [3.05, 3.63) is 82.7 Å². The van der Waals surface area contributed by atoms with Crippen molar-refractivity contribution >= 4 is 33.0 Å². The molecule has 4 atom stereocenters. The zero-order valence-corrected chi connectivity index (χ0v) is 26.8. The number of rotatable bonds is 8. The number of nitrogens with zero attached hydrogens (tertiary/aromatic N) is 1. The van der Waals surface area contributed by atoms with E-state index in [1.807, 2.05) is 12.1 Å². The summed E-state index contributed by atoms with van der Waals surface area (Å²) in [6.45, 7) is 4.76. The number of ether oxygens (including phenoxy) is 1. The maximum Gasteiger partial charge on any atom is 0.338 e. The summed E-state index contributed by atoms with van der Waals surface area (Å²) in [6.07, 6.45) is 6.40. The van der Waals surface area contributed by atoms with Gasteiger partial charge in [0, 0.05) is 17.0 Å². The van der Waals surface area contributed by atoms with Crippen molar-refractivity contribution in [1.82, 2.24) is 4.98 Å². The van der Waals surface area contributed by atoms with Gasteiger partial charge in [0.1, 0.15) is 22.4 Å². The summed E-state index contributed by atoms with van der Waals surface area (Å²) in [7, 11) is -3.15. The SMILES string of the molecule is COc1cc(C(=O)O)c(F)cc1NS(=O)(=O)c1csc(-c2ccc(-c3ccc(C4(C)C[C@@H]5C[C@@H](C)C[C@@H](C5)C4)cc3)cc2F)n1. The second kappa shape index (κ2) is 11.8. The van der Waals surface area contributed by atoms with Gasteiger partial charge >= 0.3 is 5.97 Å². The largest absolute Gasteiger partial charge is 0.495 e. The van der Waals surface area contributed by atoms with E-state index in [9.17, 15) is 17.6 Å². The van der Waals surface area contributed by atoms with Crippen molar-refractivity contribution in [2.75, 3.05) is 11.8 Å². The highest BCUT2D eigenvalue weighted by atomic mass is 32.2. The van der Waals surface area contributed by atoms with E-state index in [4.69, 9.17) is 9.84 Å². The number of halogens is 2. The molecule has 2 fully saturated rings. The fourth-order valence-corrected chi connectivity index (χ4v) is 9.61. The van der Waals surface area contributed by atoms with Crippen molar-refractivity contribution in [2.45, 2.75) is 56.4 Å². The molecule has 1 heterocycles. The van der Waals surface area contributed by atoms with Gasteiger partial charge in [-0.25, -0.2) is 18.6 Å². The summed E-state index contributed by atoms with van der Waals surface area (Å²) in [5.41, 5.74) is 2.25. The van der Waals surface area contributed by atoms with Crippen LogP contribution >= 0.6 is 11.3 Å². The van der Waals surface area contributed by atoms with Crippen molar-refractivity contribution in [1.29, 1.82) is 0 Å². The lowest BCUT2D eigenvalue weighted by molar-refractivity contribution is 0.0691. The fourth-order valence-electron chi connectivity index (χ4n) is 7.43. The van der Waals surface area contributed by atoms with Crippen LogP contribution in [0.5, 0.6) is 5.75 Å². The number of hydrogen-bond acceptors (Lipinski definition) is 6. The molecule has 0 radical (unpaired) electrons. The Bertz CT molecular complexity index is 1860. The molecule has 2 aliphatic carbocycles. The maximum atomic E-state index is 15.4. The number of fused-ring (bicyclic) bond motifs is 2. The Labute approximate surface area is 265 Å². The molecule has 6 rings (SSSR count). The molecule has 2 aliphatic rings. The third kappa shape index (κ3) is 6.20. The van der Waals surface area contributed by atoms with Crippen LogP contribution < -0.4 is 9.46 Å². The van der Waals surface area contributed by atoms with Gasteiger partial charge in [0.25, 0.3) is 10.0 Å². The van der Waals surface area contributed by atoms with E-state index < -0.39 is 38.2 Å². The molecule has 11 heteroatoms. The van der Waals surface area contributed by atoms with Crippen molar-refractivity contribution in [2.24, 2.45) is 17.8 Å². The summed E-state index contributed by atoms with van der Waals surface area (Å²) in [4.78, 5) is 15.4. The molecule has 2 bridgehead atoms. The number of sulfonamides is 1. The van der Waals surface area contributed by atoms with Crippen LogP contribution in [0.25, 0.3) is 21.7 Å². The van der Waals surface area contributed by atoms with Gasteiger partial charge in [0.2, 0.25) is 0 Å². The van der Waals surface area contributed by atoms with Gasteiger partial charge in [0.15, 0.2) is 5.03 Å². The van der Waals surface area contributed by atoms with E-state index in [1.54, 1.807) is 12.1 Å². The second-order valence-electron chi connectivity index (χ2n) is 12.7. The van der Waals surface area contributed by atoms with E-state index in [0.29, 0.717) is 5.56 Å². The number of aromatic nitrogens is 1. The lowest BCUT2D eigenvalue weighted by Crippen LogP contribution is -2.38. The van der Waals surface area contributed by atoms with Gasteiger partial charge in [-0.1, -0.05) is 44.2 Å². The van der Waals surface area contributed by atoms with Crippen LogP contribution in [-0.4, -0.2) is 31.6 Å². The quantitative estimate of drug-likeness (QED) is 0.198. The average Bonchev–Trinajstić information content (AvgIpc) is 3.47. The van der Waals surface area contributed by atoms with E-state index in [2.05, 4.69) is 35.7 Å². The predicted octanol–water partition coefficient (Wildman–Crippen LogP) is 8.37. The third-order valence-corrected chi connectivity index (χ3v) is 11.5. The molecule has 236 valence electrons. The highest BCUT2D eigenvalue weighted by molar-refractivity contribution is 7.92. The lowest BCUT2D eigenvalue weighted by Gasteiger charge is -2.47. The molecular formula is C34H34F2N2O5S2. The number of nitrogens with one attached hydrogen (secondary N) is 1. The van der Waals surface area contributed by atoms with Crippen LogP contribution in [0.1, 0.15) is 61.9 Å². The minimum Gasteiger partial charge on any atom is -0.495 e. The van der Waals surface area contributed by atoms with Crippen LogP contribution in [0.2, 0.25) is 0 Å². The number of carboxylic acid groups (broad SMARTS) is 1. The minimum atomic E-state index is -4.34. The minimum absolute atomic E-state index is 0.145. The zero-order valence-electron chi connectivity index (χ0n) is 25.1. The van der Waals surface area contributed by atoms with Gasteiger partial charge < -0.3 is 9.84 Å². The number of benzene rings is 3. The van der Waals surface area contributed by atoms with Crippen LogP contribution in [-0.2, 0) is 15.4 Å². The monoisotopic (exact) mass is 652 g/mol. The summed E-state index contributed by atoms with van der Waals surface area (Å²) in [5.74, 6) is -1.02. The van der Waals surface area contributed by atoms with Crippen molar-refractivity contribution in [3.63, 3.8) is 0 Å². The Morgan fingerprint density at radius 2 is 1.67 bits per heavy atom. The highest BCUT2D eigenvalue weighted by Crippen LogP contribution is 2.51. The van der Waals surface area contributed by atoms with Crippen LogP contribution in [0, 0.1) is 29.4 Å². The molecular weight excluding hydrogens is 619 g/mol. The Hall–Kier alpha value is -3.83. The summed E-state index contributed by atoms with van der Waals surface area (Å²) >= 11 is 0.946. The third-order valence-electron chi connectivity index (χ3n) is 9.25. The molecule has 0 aliphatic heterocycles. The Morgan fingerprint density at radius 3 is 2.29 bits per heavy atom. The fraction of sp³-hybridized carbons (Fsp3) is 0.353.